The third-order valence-electron chi connectivity index (χ3n) is 2.40. The topological polar surface area (TPSA) is 121 Å². The second kappa shape index (κ2) is 6.71. The Morgan fingerprint density at radius 3 is 2.56 bits per heavy atom. The highest BCUT2D eigenvalue weighted by atomic mass is 32.2. The third kappa shape index (κ3) is 6.01. The van der Waals surface area contributed by atoms with Gasteiger partial charge in [-0.05, 0) is 6.42 Å². The zero-order valence-corrected chi connectivity index (χ0v) is 11.2. The maximum atomic E-state index is 11.2. The smallest absolute Gasteiger partial charge is 0.305 e. The molecule has 0 aromatic rings. The number of rotatable bonds is 6. The summed E-state index contributed by atoms with van der Waals surface area (Å²) in [6, 6.07) is 0. The first kappa shape index (κ1) is 15.7. The number of carbonyl (C=O) groups is 1. The summed E-state index contributed by atoms with van der Waals surface area (Å²) in [4.78, 5) is 11.2. The van der Waals surface area contributed by atoms with E-state index in [0.717, 1.165) is 11.8 Å². The Labute approximate surface area is 109 Å². The van der Waals surface area contributed by atoms with Crippen molar-refractivity contribution in [2.24, 2.45) is 0 Å². The van der Waals surface area contributed by atoms with Crippen molar-refractivity contribution in [1.82, 2.24) is 0 Å². The van der Waals surface area contributed by atoms with Crippen molar-refractivity contribution in [3.8, 4) is 0 Å². The molecule has 0 saturated carbocycles. The first-order valence-corrected chi connectivity index (χ1v) is 7.95. The zero-order chi connectivity index (χ0) is 13.8. The lowest BCUT2D eigenvalue weighted by molar-refractivity contribution is -0.144. The number of ether oxygens (including phenoxy) is 1. The van der Waals surface area contributed by atoms with Gasteiger partial charge in [0.25, 0.3) is 10.1 Å². The average Bonchev–Trinajstić information content (AvgIpc) is 2.52. The average molecular weight is 300 g/mol. The lowest BCUT2D eigenvalue weighted by atomic mass is 10.2. The van der Waals surface area contributed by atoms with Crippen molar-refractivity contribution in [3.05, 3.63) is 0 Å². The van der Waals surface area contributed by atoms with Crippen molar-refractivity contribution in [2.45, 2.75) is 36.1 Å². The Morgan fingerprint density at radius 1 is 1.39 bits per heavy atom. The van der Waals surface area contributed by atoms with Gasteiger partial charge in [0.05, 0.1) is 17.1 Å². The van der Waals surface area contributed by atoms with Crippen LogP contribution in [-0.2, 0) is 19.6 Å². The highest BCUT2D eigenvalue weighted by molar-refractivity contribution is 8.00. The Balaban J connectivity index is 2.17. The van der Waals surface area contributed by atoms with E-state index in [1.807, 2.05) is 0 Å². The van der Waals surface area contributed by atoms with Crippen molar-refractivity contribution in [3.63, 3.8) is 0 Å². The van der Waals surface area contributed by atoms with Gasteiger partial charge in [-0.1, -0.05) is 0 Å². The van der Waals surface area contributed by atoms with E-state index < -0.39 is 33.4 Å². The number of carbonyl (C=O) groups excluding carboxylic acids is 1. The molecule has 9 heteroatoms. The molecule has 0 bridgehead atoms. The molecule has 1 aliphatic rings. The van der Waals surface area contributed by atoms with Crippen LogP contribution < -0.4 is 0 Å². The Morgan fingerprint density at radius 2 is 2.06 bits per heavy atom. The summed E-state index contributed by atoms with van der Waals surface area (Å²) in [7, 11) is -4.05. The number of thioether (sulfide) groups is 1. The molecule has 7 nitrogen and oxygen atoms in total. The van der Waals surface area contributed by atoms with Gasteiger partial charge in [-0.3, -0.25) is 9.35 Å². The molecule has 0 amide bonds. The Hall–Kier alpha value is -0.350. The van der Waals surface area contributed by atoms with E-state index in [0.29, 0.717) is 0 Å². The quantitative estimate of drug-likeness (QED) is 0.438. The Bertz CT molecular complexity index is 380. The van der Waals surface area contributed by atoms with Crippen LogP contribution in [-0.4, -0.2) is 58.3 Å². The van der Waals surface area contributed by atoms with Crippen LogP contribution in [0.3, 0.4) is 0 Å². The molecular weight excluding hydrogens is 284 g/mol. The molecule has 1 fully saturated rings. The minimum Gasteiger partial charge on any atom is -0.464 e. The predicted octanol–water partition coefficient (Wildman–Crippen LogP) is -0.618. The van der Waals surface area contributed by atoms with E-state index in [9.17, 15) is 23.4 Å². The molecule has 1 aliphatic heterocycles. The molecule has 0 aromatic heterocycles. The van der Waals surface area contributed by atoms with Crippen LogP contribution >= 0.6 is 11.8 Å². The van der Waals surface area contributed by atoms with Crippen LogP contribution in [0.5, 0.6) is 0 Å². The van der Waals surface area contributed by atoms with Crippen molar-refractivity contribution in [2.75, 3.05) is 12.4 Å². The molecule has 1 rings (SSSR count). The molecule has 0 radical (unpaired) electrons. The zero-order valence-electron chi connectivity index (χ0n) is 9.56. The van der Waals surface area contributed by atoms with Gasteiger partial charge in [0.1, 0.15) is 12.0 Å². The van der Waals surface area contributed by atoms with E-state index >= 15 is 0 Å². The molecule has 18 heavy (non-hydrogen) atoms. The predicted molar refractivity (Wildman–Crippen MR) is 64.6 cm³/mol. The molecule has 1 saturated heterocycles. The van der Waals surface area contributed by atoms with Crippen molar-refractivity contribution in [1.29, 1.82) is 0 Å². The van der Waals surface area contributed by atoms with Gasteiger partial charge in [-0.15, -0.1) is 11.8 Å². The minimum atomic E-state index is -4.05. The molecule has 1 heterocycles. The molecule has 3 atom stereocenters. The molecule has 3 unspecified atom stereocenters. The van der Waals surface area contributed by atoms with Crippen molar-refractivity contribution >= 4 is 27.8 Å². The lowest BCUT2D eigenvalue weighted by Gasteiger charge is -2.13. The number of aliphatic hydroxyl groups is 2. The summed E-state index contributed by atoms with van der Waals surface area (Å²) < 4.78 is 34.1. The van der Waals surface area contributed by atoms with Crippen LogP contribution in [0.2, 0.25) is 0 Å². The molecule has 0 aromatic carbocycles. The first-order chi connectivity index (χ1) is 8.28. The minimum absolute atomic E-state index is 0.0132. The highest BCUT2D eigenvalue weighted by Gasteiger charge is 2.33. The number of hydrogen-bond acceptors (Lipinski definition) is 7. The lowest BCUT2D eigenvalue weighted by Crippen LogP contribution is -2.24. The van der Waals surface area contributed by atoms with Gasteiger partial charge in [0, 0.05) is 12.8 Å². The van der Waals surface area contributed by atoms with Gasteiger partial charge < -0.3 is 14.9 Å². The van der Waals surface area contributed by atoms with E-state index in [-0.39, 0.29) is 31.1 Å². The summed E-state index contributed by atoms with van der Waals surface area (Å²) in [5.41, 5.74) is -0.650. The van der Waals surface area contributed by atoms with Crippen LogP contribution in [0.25, 0.3) is 0 Å². The fraction of sp³-hybridized carbons (Fsp3) is 0.889. The normalized spacial score (nSPS) is 28.3. The van der Waals surface area contributed by atoms with Gasteiger partial charge >= 0.3 is 5.97 Å². The fourth-order valence-electron chi connectivity index (χ4n) is 1.50. The molecular formula is C9H16O7S2. The van der Waals surface area contributed by atoms with Gasteiger partial charge in [0.15, 0.2) is 0 Å². The monoisotopic (exact) mass is 300 g/mol. The number of aliphatic hydroxyl groups excluding tert-OH is 2. The maximum absolute atomic E-state index is 11.2. The SMILES string of the molecule is O=C(CCCS(=O)(=O)O)OCC1SC(O)CC1O. The maximum Gasteiger partial charge on any atom is 0.305 e. The Kier molecular flexibility index (Phi) is 5.86. The molecule has 0 aliphatic carbocycles. The van der Waals surface area contributed by atoms with Gasteiger partial charge in [-0.2, -0.15) is 8.42 Å². The molecule has 106 valence electrons. The number of esters is 1. The van der Waals surface area contributed by atoms with E-state index in [2.05, 4.69) is 0 Å². The fourth-order valence-corrected chi connectivity index (χ4v) is 3.16. The largest absolute Gasteiger partial charge is 0.464 e. The van der Waals surface area contributed by atoms with E-state index in [1.54, 1.807) is 0 Å². The molecule has 0 spiro atoms. The van der Waals surface area contributed by atoms with Crippen LogP contribution in [0.15, 0.2) is 0 Å². The van der Waals surface area contributed by atoms with Crippen LogP contribution in [0.4, 0.5) is 0 Å². The molecule has 3 N–H and O–H groups in total. The first-order valence-electron chi connectivity index (χ1n) is 5.40. The summed E-state index contributed by atoms with van der Waals surface area (Å²) in [5, 5.41) is 18.3. The summed E-state index contributed by atoms with van der Waals surface area (Å²) in [6.45, 7) is -0.0202. The van der Waals surface area contributed by atoms with E-state index in [4.69, 9.17) is 9.29 Å². The second-order valence-corrected chi connectivity index (χ2v) is 7.00. The summed E-state index contributed by atoms with van der Waals surface area (Å²) >= 11 is 1.14. The summed E-state index contributed by atoms with van der Waals surface area (Å²) in [6.07, 6.45) is -0.595. The van der Waals surface area contributed by atoms with Crippen molar-refractivity contribution < 1.29 is 32.7 Å². The number of hydrogen-bond donors (Lipinski definition) is 3. The third-order valence-corrected chi connectivity index (χ3v) is 4.51. The second-order valence-electron chi connectivity index (χ2n) is 4.00. The highest BCUT2D eigenvalue weighted by Crippen LogP contribution is 2.32. The van der Waals surface area contributed by atoms with Crippen LogP contribution in [0, 0.1) is 0 Å². The summed E-state index contributed by atoms with van der Waals surface area (Å²) in [5.74, 6) is -1.07. The van der Waals surface area contributed by atoms with E-state index in [1.165, 1.54) is 0 Å². The van der Waals surface area contributed by atoms with Gasteiger partial charge in [0.2, 0.25) is 0 Å². The standard InChI is InChI=1S/C9H16O7S2/c10-6-4-9(12)17-7(6)5-16-8(11)2-1-3-18(13,14)15/h6-7,9-10,12H,1-5H2,(H,13,14,15). The van der Waals surface area contributed by atoms with Crippen LogP contribution in [0.1, 0.15) is 19.3 Å². The van der Waals surface area contributed by atoms with Gasteiger partial charge in [-0.25, -0.2) is 0 Å².